The number of nitrogens with one attached hydrogen (secondary N) is 1. The number of H-pyrrole nitrogens is 1. The molecule has 1 amide bonds. The molecule has 1 heterocycles. The topological polar surface area (TPSA) is 66.1 Å². The Morgan fingerprint density at radius 2 is 1.58 bits per heavy atom. The van der Waals surface area contributed by atoms with Crippen molar-refractivity contribution in [3.05, 3.63) is 82.8 Å². The summed E-state index contributed by atoms with van der Waals surface area (Å²) >= 11 is 1.24. The van der Waals surface area contributed by atoms with E-state index in [0.29, 0.717) is 10.9 Å². The van der Waals surface area contributed by atoms with E-state index in [0.717, 1.165) is 11.4 Å². The van der Waals surface area contributed by atoms with Crippen LogP contribution in [0, 0.1) is 6.92 Å². The predicted molar refractivity (Wildman–Crippen MR) is 105 cm³/mol. The number of thioether (sulfide) groups is 1. The third-order valence-corrected chi connectivity index (χ3v) is 4.71. The molecule has 0 bridgehead atoms. The molecule has 0 aliphatic carbocycles. The molecule has 6 heteroatoms. The molecule has 0 aliphatic rings. The monoisotopic (exact) mass is 365 g/mol. The second-order valence-corrected chi connectivity index (χ2v) is 7.13. The molecule has 0 radical (unpaired) electrons. The van der Waals surface area contributed by atoms with E-state index in [1.54, 1.807) is 11.8 Å². The van der Waals surface area contributed by atoms with E-state index in [1.165, 1.54) is 17.8 Å². The number of hydrogen-bond donors (Lipinski definition) is 1. The lowest BCUT2D eigenvalue weighted by Gasteiger charge is -2.25. The number of carbonyl (C=O) groups excluding carboxylic acids is 1. The number of nitrogens with zero attached hydrogens (tertiary/aromatic N) is 2. The first-order valence-electron chi connectivity index (χ1n) is 8.23. The standard InChI is InChI=1S/C20H19N3O2S/c1-14-13-18(24)22-20(21-14)26-15(2)19(25)23(16-9-5-3-6-10-16)17-11-7-4-8-12-17/h3-13,15H,1-2H3,(H,21,22,24)/t15-/m0/s1. The van der Waals surface area contributed by atoms with Gasteiger partial charge in [0.05, 0.1) is 5.25 Å². The van der Waals surface area contributed by atoms with Gasteiger partial charge < -0.3 is 4.98 Å². The van der Waals surface area contributed by atoms with Crippen molar-refractivity contribution in [2.75, 3.05) is 4.90 Å². The van der Waals surface area contributed by atoms with Gasteiger partial charge in [-0.15, -0.1) is 0 Å². The number of aryl methyl sites for hydroxylation is 1. The zero-order valence-electron chi connectivity index (χ0n) is 14.5. The molecule has 0 spiro atoms. The molecular formula is C20H19N3O2S. The van der Waals surface area contributed by atoms with Gasteiger partial charge >= 0.3 is 0 Å². The van der Waals surface area contributed by atoms with Gasteiger partial charge in [-0.3, -0.25) is 14.5 Å². The molecule has 1 atom stereocenters. The Bertz CT molecular complexity index is 903. The molecule has 132 valence electrons. The Kier molecular flexibility index (Phi) is 5.53. The molecule has 1 N–H and O–H groups in total. The first-order valence-corrected chi connectivity index (χ1v) is 9.11. The van der Waals surface area contributed by atoms with Crippen LogP contribution in [0.1, 0.15) is 12.6 Å². The number of rotatable bonds is 5. The van der Waals surface area contributed by atoms with Crippen molar-refractivity contribution in [3.63, 3.8) is 0 Å². The highest BCUT2D eigenvalue weighted by Gasteiger charge is 2.25. The largest absolute Gasteiger partial charge is 0.301 e. The molecule has 1 aromatic heterocycles. The van der Waals surface area contributed by atoms with Gasteiger partial charge in [0.1, 0.15) is 0 Å². The molecular weight excluding hydrogens is 346 g/mol. The summed E-state index contributed by atoms with van der Waals surface area (Å²) in [7, 11) is 0. The lowest BCUT2D eigenvalue weighted by molar-refractivity contribution is -0.117. The van der Waals surface area contributed by atoms with Crippen molar-refractivity contribution < 1.29 is 4.79 Å². The summed E-state index contributed by atoms with van der Waals surface area (Å²) < 4.78 is 0. The third-order valence-electron chi connectivity index (χ3n) is 3.73. The Hall–Kier alpha value is -2.86. The van der Waals surface area contributed by atoms with E-state index in [-0.39, 0.29) is 11.5 Å². The summed E-state index contributed by atoms with van der Waals surface area (Å²) in [6, 6.07) is 20.4. The van der Waals surface area contributed by atoms with Crippen LogP contribution in [0.3, 0.4) is 0 Å². The van der Waals surface area contributed by atoms with Crippen LogP contribution in [0.25, 0.3) is 0 Å². The average molecular weight is 365 g/mol. The zero-order valence-corrected chi connectivity index (χ0v) is 15.4. The third kappa shape index (κ3) is 4.21. The van der Waals surface area contributed by atoms with Crippen molar-refractivity contribution in [3.8, 4) is 0 Å². The van der Waals surface area contributed by atoms with Gasteiger partial charge in [0.25, 0.3) is 5.56 Å². The minimum Gasteiger partial charge on any atom is -0.301 e. The number of carbonyl (C=O) groups is 1. The number of hydrogen-bond acceptors (Lipinski definition) is 4. The van der Waals surface area contributed by atoms with Gasteiger partial charge in [-0.05, 0) is 38.1 Å². The fourth-order valence-corrected chi connectivity index (χ4v) is 3.46. The van der Waals surface area contributed by atoms with Gasteiger partial charge in [-0.2, -0.15) is 0 Å². The van der Waals surface area contributed by atoms with Crippen molar-refractivity contribution in [2.24, 2.45) is 0 Å². The lowest BCUT2D eigenvalue weighted by Crippen LogP contribution is -2.33. The summed E-state index contributed by atoms with van der Waals surface area (Å²) in [5, 5.41) is 0.0114. The second kappa shape index (κ2) is 8.01. The summed E-state index contributed by atoms with van der Waals surface area (Å²) in [6.45, 7) is 3.57. The second-order valence-electron chi connectivity index (χ2n) is 5.80. The molecule has 0 saturated carbocycles. The SMILES string of the molecule is Cc1cc(=O)[nH]c(S[C@@H](C)C(=O)N(c2ccccc2)c2ccccc2)n1. The van der Waals surface area contributed by atoms with Gasteiger partial charge in [0.15, 0.2) is 5.16 Å². The maximum Gasteiger partial charge on any atom is 0.251 e. The lowest BCUT2D eigenvalue weighted by atomic mass is 10.2. The van der Waals surface area contributed by atoms with Gasteiger partial charge in [-0.25, -0.2) is 4.98 Å². The van der Waals surface area contributed by atoms with Crippen LogP contribution in [0.5, 0.6) is 0 Å². The number of benzene rings is 2. The van der Waals surface area contributed by atoms with E-state index in [9.17, 15) is 9.59 Å². The van der Waals surface area contributed by atoms with E-state index >= 15 is 0 Å². The van der Waals surface area contributed by atoms with E-state index in [1.807, 2.05) is 67.6 Å². The molecule has 26 heavy (non-hydrogen) atoms. The minimum absolute atomic E-state index is 0.0865. The van der Waals surface area contributed by atoms with Gasteiger partial charge in [0.2, 0.25) is 5.91 Å². The van der Waals surface area contributed by atoms with E-state index in [4.69, 9.17) is 0 Å². The number of anilines is 2. The predicted octanol–water partition coefficient (Wildman–Crippen LogP) is 3.92. The smallest absolute Gasteiger partial charge is 0.251 e. The number of para-hydroxylation sites is 2. The average Bonchev–Trinajstić information content (AvgIpc) is 2.63. The fourth-order valence-electron chi connectivity index (χ4n) is 2.56. The minimum atomic E-state index is -0.430. The quantitative estimate of drug-likeness (QED) is 0.550. The molecule has 5 nitrogen and oxygen atoms in total. The highest BCUT2D eigenvalue weighted by atomic mass is 32.2. The summed E-state index contributed by atoms with van der Waals surface area (Å²) in [4.78, 5) is 33.5. The fraction of sp³-hybridized carbons (Fsp3) is 0.150. The van der Waals surface area contributed by atoms with Crippen molar-refractivity contribution in [1.29, 1.82) is 0 Å². The Labute approximate surface area is 156 Å². The summed E-state index contributed by atoms with van der Waals surface area (Å²) in [6.07, 6.45) is 0. The highest BCUT2D eigenvalue weighted by molar-refractivity contribution is 8.00. The number of amides is 1. The number of aromatic nitrogens is 2. The van der Waals surface area contributed by atoms with E-state index < -0.39 is 5.25 Å². The van der Waals surface area contributed by atoms with Crippen molar-refractivity contribution in [1.82, 2.24) is 9.97 Å². The Morgan fingerprint density at radius 1 is 1.04 bits per heavy atom. The maximum atomic E-state index is 13.2. The Balaban J connectivity index is 1.91. The molecule has 0 saturated heterocycles. The van der Waals surface area contributed by atoms with Crippen LogP contribution < -0.4 is 10.5 Å². The molecule has 3 rings (SSSR count). The summed E-state index contributed by atoms with van der Waals surface area (Å²) in [5.41, 5.74) is 1.99. The van der Waals surface area contributed by atoms with Crippen LogP contribution >= 0.6 is 11.8 Å². The highest BCUT2D eigenvalue weighted by Crippen LogP contribution is 2.29. The van der Waals surface area contributed by atoms with Crippen molar-refractivity contribution >= 4 is 29.0 Å². The first kappa shape index (κ1) is 17.9. The van der Waals surface area contributed by atoms with Crippen LogP contribution in [0.15, 0.2) is 76.7 Å². The molecule has 2 aromatic carbocycles. The van der Waals surface area contributed by atoms with Gasteiger partial charge in [-0.1, -0.05) is 48.2 Å². The number of aromatic amines is 1. The summed E-state index contributed by atoms with van der Waals surface area (Å²) in [5.74, 6) is -0.0865. The molecule has 0 fully saturated rings. The normalized spacial score (nSPS) is 11.8. The van der Waals surface area contributed by atoms with Crippen molar-refractivity contribution in [2.45, 2.75) is 24.3 Å². The van der Waals surface area contributed by atoms with Crippen LogP contribution in [0.4, 0.5) is 11.4 Å². The Morgan fingerprint density at radius 3 is 2.08 bits per heavy atom. The molecule has 0 unspecified atom stereocenters. The van der Waals surface area contributed by atoms with Gasteiger partial charge in [0, 0.05) is 23.1 Å². The molecule has 0 aliphatic heterocycles. The zero-order chi connectivity index (χ0) is 18.5. The van der Waals surface area contributed by atoms with Crippen LogP contribution in [-0.4, -0.2) is 21.1 Å². The van der Waals surface area contributed by atoms with E-state index in [2.05, 4.69) is 9.97 Å². The molecule has 3 aromatic rings. The van der Waals surface area contributed by atoms with Crippen LogP contribution in [0.2, 0.25) is 0 Å². The maximum absolute atomic E-state index is 13.2. The first-order chi connectivity index (χ1) is 12.5. The van der Waals surface area contributed by atoms with Crippen LogP contribution in [-0.2, 0) is 4.79 Å².